The van der Waals surface area contributed by atoms with Gasteiger partial charge in [0.05, 0.1) is 16.4 Å². The van der Waals surface area contributed by atoms with Gasteiger partial charge in [-0.25, -0.2) is 0 Å². The molecule has 0 spiro atoms. The highest BCUT2D eigenvalue weighted by atomic mass is 35.5. The second-order valence-corrected chi connectivity index (χ2v) is 6.05. The maximum Gasteiger partial charge on any atom is 0.0790 e. The molecule has 2 aliphatic rings. The fourth-order valence-corrected chi connectivity index (χ4v) is 3.75. The van der Waals surface area contributed by atoms with E-state index in [9.17, 15) is 0 Å². The summed E-state index contributed by atoms with van der Waals surface area (Å²) >= 11 is 6.29. The molecule has 2 fully saturated rings. The van der Waals surface area contributed by atoms with Crippen molar-refractivity contribution in [1.82, 2.24) is 4.90 Å². The van der Waals surface area contributed by atoms with Crippen LogP contribution in [0.3, 0.4) is 0 Å². The molecule has 1 aromatic rings. The number of nitrogens with two attached hydrogens (primary N) is 1. The van der Waals surface area contributed by atoms with Crippen molar-refractivity contribution in [1.29, 1.82) is 0 Å². The summed E-state index contributed by atoms with van der Waals surface area (Å²) in [7, 11) is 0. The van der Waals surface area contributed by atoms with Gasteiger partial charge in [0.2, 0.25) is 0 Å². The first-order chi connectivity index (χ1) is 9.25. The monoisotopic (exact) mass is 279 g/mol. The van der Waals surface area contributed by atoms with Gasteiger partial charge >= 0.3 is 0 Å². The van der Waals surface area contributed by atoms with Gasteiger partial charge in [0.25, 0.3) is 0 Å². The zero-order valence-electron chi connectivity index (χ0n) is 11.3. The minimum atomic E-state index is 0.773. The topological polar surface area (TPSA) is 32.5 Å². The molecule has 0 radical (unpaired) electrons. The molecule has 0 aromatic heterocycles. The summed E-state index contributed by atoms with van der Waals surface area (Å²) in [4.78, 5) is 4.99. The standard InChI is InChI=1S/C15H22ClN3/c16-13-6-3-7-14(17)15(13)19-10-8-18(9-11-19)12-4-1-2-5-12/h3,6-7,12H,1-2,4-5,8-11,17H2. The zero-order chi connectivity index (χ0) is 13.2. The summed E-state index contributed by atoms with van der Waals surface area (Å²) in [5, 5.41) is 0.773. The first-order valence-corrected chi connectivity index (χ1v) is 7.66. The van der Waals surface area contributed by atoms with E-state index in [-0.39, 0.29) is 0 Å². The number of anilines is 2. The molecule has 1 saturated carbocycles. The molecule has 1 heterocycles. The number of hydrogen-bond acceptors (Lipinski definition) is 3. The van der Waals surface area contributed by atoms with Gasteiger partial charge in [-0.3, -0.25) is 4.90 Å². The largest absolute Gasteiger partial charge is 0.397 e. The summed E-state index contributed by atoms with van der Waals surface area (Å²) in [5.74, 6) is 0. The molecule has 1 saturated heterocycles. The molecular weight excluding hydrogens is 258 g/mol. The Labute approximate surface area is 120 Å². The van der Waals surface area contributed by atoms with Crippen LogP contribution in [0.2, 0.25) is 5.02 Å². The van der Waals surface area contributed by atoms with Crippen molar-refractivity contribution in [3.05, 3.63) is 23.2 Å². The number of halogens is 1. The quantitative estimate of drug-likeness (QED) is 0.845. The van der Waals surface area contributed by atoms with Gasteiger partial charge in [0, 0.05) is 32.2 Å². The minimum Gasteiger partial charge on any atom is -0.397 e. The predicted octanol–water partition coefficient (Wildman–Crippen LogP) is 2.99. The fraction of sp³-hybridized carbons (Fsp3) is 0.600. The molecule has 0 amide bonds. The molecule has 0 bridgehead atoms. The molecule has 1 aliphatic heterocycles. The van der Waals surface area contributed by atoms with Crippen molar-refractivity contribution in [2.24, 2.45) is 0 Å². The Morgan fingerprint density at radius 1 is 1.05 bits per heavy atom. The Balaban J connectivity index is 1.66. The molecule has 2 N–H and O–H groups in total. The molecule has 1 aromatic carbocycles. The zero-order valence-corrected chi connectivity index (χ0v) is 12.1. The highest BCUT2D eigenvalue weighted by Crippen LogP contribution is 2.33. The van der Waals surface area contributed by atoms with Crippen LogP contribution < -0.4 is 10.6 Å². The number of hydrogen-bond donors (Lipinski definition) is 1. The highest BCUT2D eigenvalue weighted by Gasteiger charge is 2.27. The van der Waals surface area contributed by atoms with Crippen molar-refractivity contribution in [2.45, 2.75) is 31.7 Å². The third-order valence-electron chi connectivity index (χ3n) is 4.49. The lowest BCUT2D eigenvalue weighted by Crippen LogP contribution is -2.50. The van der Waals surface area contributed by atoms with Gasteiger partial charge < -0.3 is 10.6 Å². The van der Waals surface area contributed by atoms with Crippen LogP contribution in [-0.4, -0.2) is 37.1 Å². The Morgan fingerprint density at radius 3 is 2.37 bits per heavy atom. The van der Waals surface area contributed by atoms with E-state index in [1.165, 1.54) is 25.7 Å². The van der Waals surface area contributed by atoms with E-state index >= 15 is 0 Å². The third-order valence-corrected chi connectivity index (χ3v) is 4.79. The van der Waals surface area contributed by atoms with Crippen LogP contribution in [0.15, 0.2) is 18.2 Å². The van der Waals surface area contributed by atoms with Crippen molar-refractivity contribution in [3.63, 3.8) is 0 Å². The molecule has 4 heteroatoms. The van der Waals surface area contributed by atoms with Gasteiger partial charge in [-0.15, -0.1) is 0 Å². The average molecular weight is 280 g/mol. The van der Waals surface area contributed by atoms with Gasteiger partial charge in [-0.1, -0.05) is 30.5 Å². The van der Waals surface area contributed by atoms with Gasteiger partial charge in [0.1, 0.15) is 0 Å². The van der Waals surface area contributed by atoms with Crippen LogP contribution >= 0.6 is 11.6 Å². The van der Waals surface area contributed by atoms with E-state index in [4.69, 9.17) is 17.3 Å². The Bertz CT molecular complexity index is 415. The van der Waals surface area contributed by atoms with E-state index in [0.717, 1.165) is 48.6 Å². The number of nitrogen functional groups attached to an aromatic ring is 1. The van der Waals surface area contributed by atoms with Crippen LogP contribution in [0.25, 0.3) is 0 Å². The Morgan fingerprint density at radius 2 is 1.74 bits per heavy atom. The lowest BCUT2D eigenvalue weighted by atomic mass is 10.1. The van der Waals surface area contributed by atoms with Crippen LogP contribution in [-0.2, 0) is 0 Å². The van der Waals surface area contributed by atoms with Gasteiger partial charge in [-0.2, -0.15) is 0 Å². The molecule has 3 rings (SSSR count). The molecule has 3 nitrogen and oxygen atoms in total. The summed E-state index contributed by atoms with van der Waals surface area (Å²) < 4.78 is 0. The third kappa shape index (κ3) is 2.67. The number of piperazine rings is 1. The van der Waals surface area contributed by atoms with E-state index in [1.807, 2.05) is 18.2 Å². The summed E-state index contributed by atoms with van der Waals surface area (Å²) in [6.07, 6.45) is 5.58. The number of para-hydroxylation sites is 1. The van der Waals surface area contributed by atoms with Crippen LogP contribution in [0.4, 0.5) is 11.4 Å². The van der Waals surface area contributed by atoms with Crippen molar-refractivity contribution >= 4 is 23.0 Å². The molecule has 0 unspecified atom stereocenters. The van der Waals surface area contributed by atoms with E-state index in [0.29, 0.717) is 0 Å². The fourth-order valence-electron chi connectivity index (χ4n) is 3.45. The van der Waals surface area contributed by atoms with Crippen LogP contribution in [0.1, 0.15) is 25.7 Å². The number of nitrogens with zero attached hydrogens (tertiary/aromatic N) is 2. The van der Waals surface area contributed by atoms with Crippen molar-refractivity contribution in [3.8, 4) is 0 Å². The van der Waals surface area contributed by atoms with E-state index < -0.39 is 0 Å². The molecule has 1 aliphatic carbocycles. The molecule has 19 heavy (non-hydrogen) atoms. The lowest BCUT2D eigenvalue weighted by Gasteiger charge is -2.39. The summed E-state index contributed by atoms with van der Waals surface area (Å²) in [6.45, 7) is 4.33. The second-order valence-electron chi connectivity index (χ2n) is 5.64. The smallest absolute Gasteiger partial charge is 0.0790 e. The summed E-state index contributed by atoms with van der Waals surface area (Å²) in [5.41, 5.74) is 7.89. The Kier molecular flexibility index (Phi) is 3.85. The Hall–Kier alpha value is -0.930. The summed E-state index contributed by atoms with van der Waals surface area (Å²) in [6, 6.07) is 6.60. The van der Waals surface area contributed by atoms with Crippen LogP contribution in [0, 0.1) is 0 Å². The number of benzene rings is 1. The minimum absolute atomic E-state index is 0.773. The lowest BCUT2D eigenvalue weighted by molar-refractivity contribution is 0.187. The van der Waals surface area contributed by atoms with Crippen molar-refractivity contribution < 1.29 is 0 Å². The molecule has 104 valence electrons. The molecular formula is C15H22ClN3. The maximum absolute atomic E-state index is 6.29. The van der Waals surface area contributed by atoms with Gasteiger partial charge in [-0.05, 0) is 25.0 Å². The first kappa shape index (κ1) is 13.1. The van der Waals surface area contributed by atoms with Crippen molar-refractivity contribution in [2.75, 3.05) is 36.8 Å². The maximum atomic E-state index is 6.29. The average Bonchev–Trinajstić information content (AvgIpc) is 2.93. The number of rotatable bonds is 2. The predicted molar refractivity (Wildman–Crippen MR) is 81.9 cm³/mol. The highest BCUT2D eigenvalue weighted by molar-refractivity contribution is 6.34. The molecule has 0 atom stereocenters. The first-order valence-electron chi connectivity index (χ1n) is 7.28. The van der Waals surface area contributed by atoms with Gasteiger partial charge in [0.15, 0.2) is 0 Å². The van der Waals surface area contributed by atoms with Crippen LogP contribution in [0.5, 0.6) is 0 Å². The normalized spacial score (nSPS) is 22.1. The van der Waals surface area contributed by atoms with E-state index in [2.05, 4.69) is 9.80 Å². The van der Waals surface area contributed by atoms with E-state index in [1.54, 1.807) is 0 Å². The second kappa shape index (κ2) is 5.59. The SMILES string of the molecule is Nc1cccc(Cl)c1N1CCN(C2CCCC2)CC1.